The molecule has 8 heteroatoms. The first-order valence-corrected chi connectivity index (χ1v) is 12.6. The van der Waals surface area contributed by atoms with E-state index in [-0.39, 0.29) is 11.7 Å². The van der Waals surface area contributed by atoms with Gasteiger partial charge in [-0.15, -0.1) is 10.2 Å². The zero-order valence-electron chi connectivity index (χ0n) is 19.9. The summed E-state index contributed by atoms with van der Waals surface area (Å²) in [5.74, 6) is 3.12. The molecule has 1 aromatic carbocycles. The molecule has 4 rings (SSSR count). The van der Waals surface area contributed by atoms with E-state index >= 15 is 0 Å². The van der Waals surface area contributed by atoms with Crippen LogP contribution in [-0.4, -0.2) is 39.5 Å². The van der Waals surface area contributed by atoms with E-state index in [4.69, 9.17) is 4.42 Å². The maximum absolute atomic E-state index is 12.8. The fourth-order valence-corrected chi connectivity index (χ4v) is 5.39. The van der Waals surface area contributed by atoms with Crippen LogP contribution in [0.25, 0.3) is 0 Å². The van der Waals surface area contributed by atoms with Crippen LogP contribution < -0.4 is 10.2 Å². The number of carbonyl (C=O) groups is 1. The van der Waals surface area contributed by atoms with E-state index < -0.39 is 0 Å². The Bertz CT molecular complexity index is 1070. The molecular weight excluding hydrogens is 434 g/mol. The molecule has 3 aromatic rings. The summed E-state index contributed by atoms with van der Waals surface area (Å²) in [6, 6.07) is 9.95. The molecule has 2 unspecified atom stereocenters. The van der Waals surface area contributed by atoms with E-state index in [1.165, 1.54) is 18.2 Å². The third kappa shape index (κ3) is 5.61. The number of carbonyl (C=O) groups excluding carboxylic acids is 1. The second-order valence-electron chi connectivity index (χ2n) is 9.10. The molecule has 2 aromatic heterocycles. The second kappa shape index (κ2) is 10.5. The van der Waals surface area contributed by atoms with Crippen LogP contribution in [0, 0.1) is 18.8 Å². The number of aromatic nitrogens is 3. The lowest BCUT2D eigenvalue weighted by Gasteiger charge is -2.35. The van der Waals surface area contributed by atoms with Gasteiger partial charge in [0.05, 0.1) is 18.6 Å². The number of thioether (sulfide) groups is 1. The van der Waals surface area contributed by atoms with Crippen molar-refractivity contribution in [3.63, 3.8) is 0 Å². The normalized spacial score (nSPS) is 18.5. The number of nitrogens with one attached hydrogen (secondary N) is 1. The summed E-state index contributed by atoms with van der Waals surface area (Å²) in [7, 11) is 0. The largest absolute Gasteiger partial charge is 0.467 e. The fourth-order valence-electron chi connectivity index (χ4n) is 4.65. The predicted molar refractivity (Wildman–Crippen MR) is 133 cm³/mol. The Morgan fingerprint density at radius 3 is 2.67 bits per heavy atom. The number of furan rings is 1. The maximum Gasteiger partial charge on any atom is 0.234 e. The summed E-state index contributed by atoms with van der Waals surface area (Å²) in [4.78, 5) is 15.1. The monoisotopic (exact) mass is 467 g/mol. The van der Waals surface area contributed by atoms with Crippen LogP contribution in [-0.2, 0) is 17.8 Å². The minimum atomic E-state index is -0.0432. The number of para-hydroxylation sites is 1. The van der Waals surface area contributed by atoms with Crippen LogP contribution in [0.1, 0.15) is 44.1 Å². The molecule has 7 nitrogen and oxygen atoms in total. The number of anilines is 2. The highest BCUT2D eigenvalue weighted by Gasteiger charge is 2.27. The van der Waals surface area contributed by atoms with Crippen LogP contribution in [0.5, 0.6) is 0 Å². The summed E-state index contributed by atoms with van der Waals surface area (Å²) in [5, 5.41) is 12.8. The zero-order valence-corrected chi connectivity index (χ0v) is 20.7. The van der Waals surface area contributed by atoms with E-state index in [1.54, 1.807) is 6.26 Å². The number of amides is 1. The number of hydrogen-bond acceptors (Lipinski definition) is 6. The van der Waals surface area contributed by atoms with Gasteiger partial charge in [-0.3, -0.25) is 9.36 Å². The lowest BCUT2D eigenvalue weighted by molar-refractivity contribution is -0.113. The molecule has 1 amide bonds. The van der Waals surface area contributed by atoms with E-state index in [2.05, 4.69) is 51.8 Å². The van der Waals surface area contributed by atoms with Crippen molar-refractivity contribution in [1.29, 1.82) is 0 Å². The van der Waals surface area contributed by atoms with Gasteiger partial charge in [-0.05, 0) is 54.9 Å². The number of rotatable bonds is 8. The number of hydrogen-bond donors (Lipinski definition) is 1. The van der Waals surface area contributed by atoms with Crippen molar-refractivity contribution in [2.75, 3.05) is 29.1 Å². The number of benzene rings is 1. The molecule has 176 valence electrons. The van der Waals surface area contributed by atoms with Gasteiger partial charge in [0.1, 0.15) is 5.76 Å². The SMILES string of the molecule is CCc1cccc(C)c1NC(=O)CSc1nnc(N2CC(C)CC(C)C2)n1Cc1ccco1. The zero-order chi connectivity index (χ0) is 23.4. The molecule has 1 aliphatic heterocycles. The summed E-state index contributed by atoms with van der Waals surface area (Å²) in [5.41, 5.74) is 3.13. The molecule has 1 fully saturated rings. The van der Waals surface area contributed by atoms with Gasteiger partial charge in [-0.2, -0.15) is 0 Å². The molecule has 1 N–H and O–H groups in total. The highest BCUT2D eigenvalue weighted by atomic mass is 32.2. The van der Waals surface area contributed by atoms with Crippen molar-refractivity contribution >= 4 is 29.3 Å². The Morgan fingerprint density at radius 2 is 1.97 bits per heavy atom. The Labute approximate surface area is 199 Å². The summed E-state index contributed by atoms with van der Waals surface area (Å²) in [6.45, 7) is 11.1. The van der Waals surface area contributed by atoms with Gasteiger partial charge < -0.3 is 14.6 Å². The first-order chi connectivity index (χ1) is 15.9. The first kappa shape index (κ1) is 23.4. The molecule has 0 aliphatic carbocycles. The molecular formula is C25H33N5O2S. The number of nitrogens with zero attached hydrogens (tertiary/aromatic N) is 4. The standard InChI is InChI=1S/C25H33N5O2S/c1-5-20-9-6-8-19(4)23(20)26-22(31)16-33-25-28-27-24(29-13-17(2)12-18(3)14-29)30(25)15-21-10-7-11-32-21/h6-11,17-18H,5,12-16H2,1-4H3,(H,26,31). The Balaban J connectivity index is 1.51. The smallest absolute Gasteiger partial charge is 0.234 e. The Morgan fingerprint density at radius 1 is 1.18 bits per heavy atom. The summed E-state index contributed by atoms with van der Waals surface area (Å²) < 4.78 is 7.68. The van der Waals surface area contributed by atoms with Crippen LogP contribution in [0.4, 0.5) is 11.6 Å². The molecule has 3 heterocycles. The quantitative estimate of drug-likeness (QED) is 0.470. The van der Waals surface area contributed by atoms with Gasteiger partial charge in [-0.1, -0.05) is 50.7 Å². The third-order valence-electron chi connectivity index (χ3n) is 6.08. The van der Waals surface area contributed by atoms with Crippen LogP contribution in [0.3, 0.4) is 0 Å². The highest BCUT2D eigenvalue weighted by Crippen LogP contribution is 2.29. The van der Waals surface area contributed by atoms with Crippen molar-refractivity contribution in [1.82, 2.24) is 14.8 Å². The Kier molecular flexibility index (Phi) is 7.42. The van der Waals surface area contributed by atoms with Gasteiger partial charge in [0, 0.05) is 18.8 Å². The van der Waals surface area contributed by atoms with Gasteiger partial charge in [0.25, 0.3) is 0 Å². The van der Waals surface area contributed by atoms with Crippen molar-refractivity contribution < 1.29 is 9.21 Å². The topological polar surface area (TPSA) is 76.2 Å². The van der Waals surface area contributed by atoms with Crippen LogP contribution in [0.2, 0.25) is 0 Å². The lowest BCUT2D eigenvalue weighted by Crippen LogP contribution is -2.40. The molecule has 2 atom stereocenters. The first-order valence-electron chi connectivity index (χ1n) is 11.7. The third-order valence-corrected chi connectivity index (χ3v) is 7.05. The van der Waals surface area contributed by atoms with Gasteiger partial charge in [0.15, 0.2) is 5.16 Å². The fraction of sp³-hybridized carbons (Fsp3) is 0.480. The summed E-state index contributed by atoms with van der Waals surface area (Å²) >= 11 is 1.41. The van der Waals surface area contributed by atoms with Crippen molar-refractivity contribution in [3.05, 3.63) is 53.5 Å². The highest BCUT2D eigenvalue weighted by molar-refractivity contribution is 7.99. The molecule has 0 radical (unpaired) electrons. The molecule has 0 spiro atoms. The van der Waals surface area contributed by atoms with E-state index in [1.807, 2.05) is 31.2 Å². The average molecular weight is 468 g/mol. The van der Waals surface area contributed by atoms with E-state index in [0.29, 0.717) is 18.4 Å². The van der Waals surface area contributed by atoms with Crippen LogP contribution in [0.15, 0.2) is 46.2 Å². The molecule has 1 aliphatic rings. The van der Waals surface area contributed by atoms with Crippen LogP contribution >= 0.6 is 11.8 Å². The second-order valence-corrected chi connectivity index (χ2v) is 10.0. The van der Waals surface area contributed by atoms with Crippen molar-refractivity contribution in [2.24, 2.45) is 11.8 Å². The maximum atomic E-state index is 12.8. The molecule has 0 bridgehead atoms. The molecule has 0 saturated carbocycles. The van der Waals surface area contributed by atoms with Gasteiger partial charge in [0.2, 0.25) is 11.9 Å². The number of aryl methyl sites for hydroxylation is 2. The van der Waals surface area contributed by atoms with Crippen molar-refractivity contribution in [3.8, 4) is 0 Å². The Hall–Kier alpha value is -2.74. The lowest BCUT2D eigenvalue weighted by atomic mass is 9.92. The predicted octanol–water partition coefficient (Wildman–Crippen LogP) is 5.00. The number of piperidine rings is 1. The van der Waals surface area contributed by atoms with Crippen molar-refractivity contribution in [2.45, 2.75) is 52.2 Å². The minimum Gasteiger partial charge on any atom is -0.467 e. The average Bonchev–Trinajstić information content (AvgIpc) is 3.43. The minimum absolute atomic E-state index is 0.0432. The molecule has 1 saturated heterocycles. The van der Waals surface area contributed by atoms with Gasteiger partial charge in [-0.25, -0.2) is 0 Å². The van der Waals surface area contributed by atoms with E-state index in [0.717, 1.165) is 53.2 Å². The van der Waals surface area contributed by atoms with Gasteiger partial charge >= 0.3 is 0 Å². The molecule has 33 heavy (non-hydrogen) atoms. The summed E-state index contributed by atoms with van der Waals surface area (Å²) in [6.07, 6.45) is 3.78. The van der Waals surface area contributed by atoms with E-state index in [9.17, 15) is 4.79 Å².